The molecule has 3 aromatic rings. The molecule has 0 amide bonds. The zero-order chi connectivity index (χ0) is 20.6. The summed E-state index contributed by atoms with van der Waals surface area (Å²) in [6, 6.07) is 7.44. The van der Waals surface area contributed by atoms with Crippen molar-refractivity contribution in [2.45, 2.75) is 32.6 Å². The smallest absolute Gasteiger partial charge is 0.310 e. The predicted octanol–water partition coefficient (Wildman–Crippen LogP) is 2.31. The van der Waals surface area contributed by atoms with Crippen LogP contribution in [-0.2, 0) is 11.2 Å². The van der Waals surface area contributed by atoms with Gasteiger partial charge in [-0.3, -0.25) is 9.78 Å². The van der Waals surface area contributed by atoms with Gasteiger partial charge in [0.1, 0.15) is 5.82 Å². The highest BCUT2D eigenvalue weighted by atomic mass is 16.4. The number of carboxylic acids is 1. The number of hydrogen-bond acceptors (Lipinski definition) is 7. The van der Waals surface area contributed by atoms with Gasteiger partial charge in [-0.1, -0.05) is 25.1 Å². The molecule has 0 aromatic carbocycles. The van der Waals surface area contributed by atoms with Crippen molar-refractivity contribution in [3.05, 3.63) is 48.0 Å². The van der Waals surface area contributed by atoms with E-state index >= 15 is 0 Å². The Balaban J connectivity index is 1.62. The summed E-state index contributed by atoms with van der Waals surface area (Å²) >= 11 is 0. The first-order valence-corrected chi connectivity index (χ1v) is 9.55. The molecule has 1 aliphatic rings. The SMILES string of the molecule is CC(C)C1CC1(C(=O)O)[C@H](Cc1ccc(-c2ccc(N)nc2)nc1)c1nn[nH]n1. The zero-order valence-electron chi connectivity index (χ0n) is 16.3. The van der Waals surface area contributed by atoms with Crippen molar-refractivity contribution in [1.82, 2.24) is 30.6 Å². The lowest BCUT2D eigenvalue weighted by Crippen LogP contribution is -2.29. The lowest BCUT2D eigenvalue weighted by molar-refractivity contribution is -0.145. The van der Waals surface area contributed by atoms with Crippen molar-refractivity contribution in [2.24, 2.45) is 17.3 Å². The fraction of sp³-hybridized carbons (Fsp3) is 0.400. The van der Waals surface area contributed by atoms with E-state index in [4.69, 9.17) is 5.73 Å². The molecule has 29 heavy (non-hydrogen) atoms. The number of nitrogens with two attached hydrogens (primary N) is 1. The first-order chi connectivity index (χ1) is 13.9. The number of rotatable bonds is 7. The minimum atomic E-state index is -0.877. The van der Waals surface area contributed by atoms with Crippen LogP contribution < -0.4 is 5.73 Å². The van der Waals surface area contributed by atoms with Gasteiger partial charge in [0.15, 0.2) is 5.82 Å². The monoisotopic (exact) mass is 393 g/mol. The van der Waals surface area contributed by atoms with Gasteiger partial charge in [-0.25, -0.2) is 4.98 Å². The summed E-state index contributed by atoms with van der Waals surface area (Å²) in [4.78, 5) is 20.9. The van der Waals surface area contributed by atoms with Crippen LogP contribution in [0, 0.1) is 17.3 Å². The molecule has 9 heteroatoms. The van der Waals surface area contributed by atoms with Crippen LogP contribution in [0.2, 0.25) is 0 Å². The molecule has 2 unspecified atom stereocenters. The van der Waals surface area contributed by atoms with E-state index in [2.05, 4.69) is 44.4 Å². The minimum absolute atomic E-state index is 0.0802. The number of aromatic amines is 1. The lowest BCUT2D eigenvalue weighted by atomic mass is 9.80. The second-order valence-corrected chi connectivity index (χ2v) is 7.95. The molecule has 0 aliphatic heterocycles. The Hall–Kier alpha value is -3.36. The van der Waals surface area contributed by atoms with E-state index in [0.29, 0.717) is 24.5 Å². The number of pyridine rings is 2. The highest BCUT2D eigenvalue weighted by Gasteiger charge is 2.66. The van der Waals surface area contributed by atoms with Crippen LogP contribution in [0.15, 0.2) is 36.7 Å². The highest BCUT2D eigenvalue weighted by molar-refractivity contribution is 5.80. The molecule has 3 atom stereocenters. The van der Waals surface area contributed by atoms with Gasteiger partial charge >= 0.3 is 5.97 Å². The largest absolute Gasteiger partial charge is 0.481 e. The van der Waals surface area contributed by atoms with E-state index in [0.717, 1.165) is 16.8 Å². The molecule has 1 aliphatic carbocycles. The number of carboxylic acid groups (broad SMARTS) is 1. The average Bonchev–Trinajstić information content (AvgIpc) is 3.25. The highest BCUT2D eigenvalue weighted by Crippen LogP contribution is 2.64. The summed E-state index contributed by atoms with van der Waals surface area (Å²) in [5.74, 6) is 0.0508. The molecule has 1 fully saturated rings. The van der Waals surface area contributed by atoms with Gasteiger partial charge in [-0.15, -0.1) is 10.2 Å². The van der Waals surface area contributed by atoms with Gasteiger partial charge in [-0.05, 0) is 48.4 Å². The van der Waals surface area contributed by atoms with E-state index in [1.54, 1.807) is 18.5 Å². The maximum Gasteiger partial charge on any atom is 0.310 e. The Kier molecular flexibility index (Phi) is 4.73. The third-order valence-electron chi connectivity index (χ3n) is 5.90. The summed E-state index contributed by atoms with van der Waals surface area (Å²) in [6.07, 6.45) is 4.53. The molecule has 3 heterocycles. The number of aromatic nitrogens is 6. The fourth-order valence-corrected chi connectivity index (χ4v) is 4.26. The summed E-state index contributed by atoms with van der Waals surface area (Å²) in [7, 11) is 0. The Morgan fingerprint density at radius 1 is 1.28 bits per heavy atom. The van der Waals surface area contributed by atoms with Crippen molar-refractivity contribution in [1.29, 1.82) is 0 Å². The van der Waals surface area contributed by atoms with E-state index in [9.17, 15) is 9.90 Å². The maximum atomic E-state index is 12.3. The van der Waals surface area contributed by atoms with E-state index in [-0.39, 0.29) is 17.8 Å². The van der Waals surface area contributed by atoms with Gasteiger partial charge < -0.3 is 10.8 Å². The molecule has 0 saturated heterocycles. The number of nitrogens with zero attached hydrogens (tertiary/aromatic N) is 5. The first-order valence-electron chi connectivity index (χ1n) is 9.55. The summed E-state index contributed by atoms with van der Waals surface area (Å²) in [6.45, 7) is 4.11. The van der Waals surface area contributed by atoms with Crippen LogP contribution in [0.4, 0.5) is 5.82 Å². The van der Waals surface area contributed by atoms with Crippen LogP contribution in [0.5, 0.6) is 0 Å². The fourth-order valence-electron chi connectivity index (χ4n) is 4.26. The average molecular weight is 393 g/mol. The molecule has 3 aromatic heterocycles. The molecule has 0 bridgehead atoms. The van der Waals surface area contributed by atoms with E-state index in [1.165, 1.54) is 0 Å². The number of nitrogen functional groups attached to an aromatic ring is 1. The Bertz CT molecular complexity index is 987. The molecular formula is C20H23N7O2. The molecule has 1 saturated carbocycles. The van der Waals surface area contributed by atoms with Crippen LogP contribution >= 0.6 is 0 Å². The molecule has 0 radical (unpaired) electrons. The van der Waals surface area contributed by atoms with Gasteiger partial charge in [0.05, 0.1) is 11.1 Å². The number of anilines is 1. The Morgan fingerprint density at radius 3 is 2.62 bits per heavy atom. The molecule has 0 spiro atoms. The van der Waals surface area contributed by atoms with Gasteiger partial charge in [0, 0.05) is 23.9 Å². The molecule has 150 valence electrons. The van der Waals surface area contributed by atoms with Gasteiger partial charge in [0.25, 0.3) is 0 Å². The van der Waals surface area contributed by atoms with Crippen molar-refractivity contribution in [3.63, 3.8) is 0 Å². The van der Waals surface area contributed by atoms with E-state index < -0.39 is 11.4 Å². The number of tetrazole rings is 1. The second-order valence-electron chi connectivity index (χ2n) is 7.95. The Labute approximate surface area is 167 Å². The topological polar surface area (TPSA) is 144 Å². The van der Waals surface area contributed by atoms with Crippen molar-refractivity contribution in [2.75, 3.05) is 5.73 Å². The third-order valence-corrected chi connectivity index (χ3v) is 5.90. The van der Waals surface area contributed by atoms with Crippen molar-refractivity contribution in [3.8, 4) is 11.3 Å². The van der Waals surface area contributed by atoms with Crippen molar-refractivity contribution < 1.29 is 9.90 Å². The number of H-pyrrole nitrogens is 1. The number of aliphatic carboxylic acids is 1. The first kappa shape index (κ1) is 19.0. The summed E-state index contributed by atoms with van der Waals surface area (Å²) in [5.41, 5.74) is 7.32. The molecule has 4 N–H and O–H groups in total. The molecule has 4 rings (SSSR count). The van der Waals surface area contributed by atoms with Crippen LogP contribution in [0.25, 0.3) is 11.3 Å². The third kappa shape index (κ3) is 3.43. The number of nitrogens with one attached hydrogen (secondary N) is 1. The van der Waals surface area contributed by atoms with Crippen molar-refractivity contribution >= 4 is 11.8 Å². The number of hydrogen-bond donors (Lipinski definition) is 3. The normalized spacial score (nSPS) is 21.8. The number of carbonyl (C=O) groups is 1. The zero-order valence-corrected chi connectivity index (χ0v) is 16.3. The Morgan fingerprint density at radius 2 is 2.10 bits per heavy atom. The lowest BCUT2D eigenvalue weighted by Gasteiger charge is -2.23. The molecule has 9 nitrogen and oxygen atoms in total. The summed E-state index contributed by atoms with van der Waals surface area (Å²) < 4.78 is 0. The maximum absolute atomic E-state index is 12.3. The van der Waals surface area contributed by atoms with Gasteiger partial charge in [-0.2, -0.15) is 5.21 Å². The quantitative estimate of drug-likeness (QED) is 0.555. The van der Waals surface area contributed by atoms with E-state index in [1.807, 2.05) is 18.2 Å². The van der Waals surface area contributed by atoms with Crippen LogP contribution in [0.1, 0.15) is 37.6 Å². The standard InChI is InChI=1S/C20H23N7O2/c1-11(2)15-8-20(15,19(28)29)14(18-24-26-27-25-18)7-12-3-5-16(22-9-12)13-4-6-17(21)23-10-13/h3-6,9-11,14-15H,7-8H2,1-2H3,(H2,21,23)(H,28,29)(H,24,25,26,27)/t14-,15?,20?/m1/s1. The van der Waals surface area contributed by atoms with Crippen LogP contribution in [0.3, 0.4) is 0 Å². The van der Waals surface area contributed by atoms with Crippen LogP contribution in [-0.4, -0.2) is 41.7 Å². The second kappa shape index (κ2) is 7.23. The van der Waals surface area contributed by atoms with Gasteiger partial charge in [0.2, 0.25) is 0 Å². The minimum Gasteiger partial charge on any atom is -0.481 e. The summed E-state index contributed by atoms with van der Waals surface area (Å²) in [5, 5.41) is 24.4. The predicted molar refractivity (Wildman–Crippen MR) is 106 cm³/mol. The molecular weight excluding hydrogens is 370 g/mol.